The molecule has 0 radical (unpaired) electrons. The fourth-order valence-electron chi connectivity index (χ4n) is 9.96. The average Bonchev–Trinajstić information content (AvgIpc) is 3.24. The lowest BCUT2D eigenvalue weighted by molar-refractivity contribution is -0.140. The molecule has 4 aliphatic carbocycles. The number of hydrogen-bond donors (Lipinski definition) is 1. The summed E-state index contributed by atoms with van der Waals surface area (Å²) in [7, 11) is -4.49. The molecule has 1 N–H and O–H groups in total. The van der Waals surface area contributed by atoms with Crippen LogP contribution in [0.2, 0.25) is 0 Å². The molecule has 0 aliphatic heterocycles. The molecule has 4 saturated carbocycles. The second-order valence-corrected chi connectivity index (χ2v) is 15.3. The van der Waals surface area contributed by atoms with Crippen molar-refractivity contribution in [2.24, 2.45) is 46.3 Å². The van der Waals surface area contributed by atoms with Crippen LogP contribution in [0, 0.1) is 46.3 Å². The van der Waals surface area contributed by atoms with E-state index in [1.807, 2.05) is 6.07 Å². The molecule has 0 spiro atoms. The van der Waals surface area contributed by atoms with Gasteiger partial charge in [0.25, 0.3) is 0 Å². The first-order chi connectivity index (χ1) is 18.4. The van der Waals surface area contributed by atoms with Gasteiger partial charge in [-0.3, -0.25) is 9.59 Å². The number of benzene rings is 1. The van der Waals surface area contributed by atoms with Gasteiger partial charge in [-0.1, -0.05) is 51.1 Å². The highest BCUT2D eigenvalue weighted by atomic mass is 32.2. The van der Waals surface area contributed by atoms with Gasteiger partial charge in [-0.15, -0.1) is 0 Å². The largest absolute Gasteiger partial charge is 0.748 e. The third-order valence-corrected chi connectivity index (χ3v) is 12.7. The van der Waals surface area contributed by atoms with Crippen molar-refractivity contribution in [1.82, 2.24) is 5.32 Å². The number of amides is 1. The van der Waals surface area contributed by atoms with Crippen LogP contribution in [0.4, 0.5) is 0 Å². The van der Waals surface area contributed by atoms with Gasteiger partial charge in [0.05, 0.1) is 21.9 Å². The molecule has 6 nitrogen and oxygen atoms in total. The van der Waals surface area contributed by atoms with E-state index in [0.29, 0.717) is 46.4 Å². The third kappa shape index (κ3) is 5.72. The van der Waals surface area contributed by atoms with E-state index in [9.17, 15) is 22.6 Å². The van der Waals surface area contributed by atoms with Crippen LogP contribution >= 0.6 is 0 Å². The van der Waals surface area contributed by atoms with Crippen LogP contribution in [-0.2, 0) is 19.7 Å². The third-order valence-electron chi connectivity index (χ3n) is 12.0. The van der Waals surface area contributed by atoms with Gasteiger partial charge in [0, 0.05) is 19.3 Å². The lowest BCUT2D eigenvalue weighted by Crippen LogP contribution is -2.53. The van der Waals surface area contributed by atoms with Crippen LogP contribution in [0.5, 0.6) is 0 Å². The highest BCUT2D eigenvalue weighted by Gasteiger charge is 2.60. The highest BCUT2D eigenvalue weighted by molar-refractivity contribution is 7.85. The minimum absolute atomic E-state index is 0.194. The van der Waals surface area contributed by atoms with Gasteiger partial charge in [-0.05, 0) is 103 Å². The summed E-state index contributed by atoms with van der Waals surface area (Å²) in [6.07, 6.45) is 11.2. The summed E-state index contributed by atoms with van der Waals surface area (Å²) in [6.45, 7) is 7.31. The van der Waals surface area contributed by atoms with Crippen LogP contribution < -0.4 is 5.32 Å². The molecule has 7 heteroatoms. The van der Waals surface area contributed by atoms with Crippen molar-refractivity contribution < 1.29 is 22.6 Å². The molecule has 216 valence electrons. The smallest absolute Gasteiger partial charge is 0.220 e. The number of nitrogens with one attached hydrogen (secondary N) is 1. The van der Waals surface area contributed by atoms with Crippen LogP contribution in [0.1, 0.15) is 103 Å². The molecule has 1 amide bonds. The standard InChI is InChI=1S/C32H47NO5S/c1-21(9-14-30(35)33-29(20-39(36,37)38)22-7-5-4-6-8-22)26-12-13-27-25-11-10-23-19-24(34)15-17-31(23,2)28(25)16-18-32(26,27)3/h4-8,21,23,25-29H,9-20H2,1-3H3,(H,33,35)(H,36,37,38)/p-1/t21-,23-,25+,26-,27+,28+,29-,31+,32-/m1/s1. The summed E-state index contributed by atoms with van der Waals surface area (Å²) < 4.78 is 34.5. The molecule has 0 unspecified atom stereocenters. The molecule has 1 aromatic carbocycles. The van der Waals surface area contributed by atoms with E-state index >= 15 is 0 Å². The van der Waals surface area contributed by atoms with Crippen LogP contribution in [0.3, 0.4) is 0 Å². The molecular formula is C32H46NO5S-. The molecule has 4 fully saturated rings. The van der Waals surface area contributed by atoms with Crippen LogP contribution in [0.15, 0.2) is 30.3 Å². The molecule has 0 bridgehead atoms. The molecule has 0 aromatic heterocycles. The Morgan fingerprint density at radius 3 is 2.46 bits per heavy atom. The Bertz CT molecular complexity index is 1170. The van der Waals surface area contributed by atoms with E-state index in [1.165, 1.54) is 38.5 Å². The topological polar surface area (TPSA) is 103 Å². The highest BCUT2D eigenvalue weighted by Crippen LogP contribution is 2.68. The predicted molar refractivity (Wildman–Crippen MR) is 151 cm³/mol. The zero-order chi connectivity index (χ0) is 28.0. The van der Waals surface area contributed by atoms with Crippen LogP contribution in [0.25, 0.3) is 0 Å². The fourth-order valence-corrected chi connectivity index (χ4v) is 10.6. The summed E-state index contributed by atoms with van der Waals surface area (Å²) in [5, 5.41) is 2.83. The van der Waals surface area contributed by atoms with E-state index in [1.54, 1.807) is 24.3 Å². The maximum absolute atomic E-state index is 12.9. The number of Topliss-reactive ketones (excluding diaryl/α,β-unsaturated/α-hetero) is 1. The second kappa shape index (κ2) is 10.9. The quantitative estimate of drug-likeness (QED) is 0.394. The van der Waals surface area contributed by atoms with E-state index in [-0.39, 0.29) is 5.91 Å². The van der Waals surface area contributed by atoms with Gasteiger partial charge in [0.15, 0.2) is 0 Å². The van der Waals surface area contributed by atoms with Gasteiger partial charge in [0.2, 0.25) is 5.91 Å². The van der Waals surface area contributed by atoms with Crippen molar-refractivity contribution in [2.75, 3.05) is 5.75 Å². The van der Waals surface area contributed by atoms with Gasteiger partial charge in [0.1, 0.15) is 5.78 Å². The summed E-state index contributed by atoms with van der Waals surface area (Å²) in [5.74, 6) is 3.45. The Morgan fingerprint density at radius 2 is 1.74 bits per heavy atom. The van der Waals surface area contributed by atoms with Crippen molar-refractivity contribution >= 4 is 21.8 Å². The van der Waals surface area contributed by atoms with Crippen molar-refractivity contribution in [2.45, 2.75) is 97.4 Å². The number of ketones is 1. The van der Waals surface area contributed by atoms with E-state index in [0.717, 1.165) is 43.4 Å². The van der Waals surface area contributed by atoms with Gasteiger partial charge >= 0.3 is 0 Å². The molecule has 39 heavy (non-hydrogen) atoms. The number of carbonyl (C=O) groups excluding carboxylic acids is 2. The van der Waals surface area contributed by atoms with Gasteiger partial charge in [-0.25, -0.2) is 8.42 Å². The number of carbonyl (C=O) groups is 2. The summed E-state index contributed by atoms with van der Waals surface area (Å²) in [4.78, 5) is 25.1. The van der Waals surface area contributed by atoms with Crippen molar-refractivity contribution in [3.05, 3.63) is 35.9 Å². The van der Waals surface area contributed by atoms with Crippen LogP contribution in [-0.4, -0.2) is 30.4 Å². The molecule has 4 aliphatic rings. The fraction of sp³-hybridized carbons (Fsp3) is 0.750. The molecule has 1 aromatic rings. The Morgan fingerprint density at radius 1 is 1.03 bits per heavy atom. The second-order valence-electron chi connectivity index (χ2n) is 13.9. The van der Waals surface area contributed by atoms with Gasteiger partial charge in [-0.2, -0.15) is 0 Å². The number of hydrogen-bond acceptors (Lipinski definition) is 5. The first-order valence-corrected chi connectivity index (χ1v) is 16.8. The number of fused-ring (bicyclic) bond motifs is 5. The van der Waals surface area contributed by atoms with Crippen molar-refractivity contribution in [3.8, 4) is 0 Å². The maximum Gasteiger partial charge on any atom is 0.220 e. The Balaban J connectivity index is 1.21. The molecular weight excluding hydrogens is 510 g/mol. The van der Waals surface area contributed by atoms with E-state index in [2.05, 4.69) is 26.1 Å². The van der Waals surface area contributed by atoms with Crippen molar-refractivity contribution in [3.63, 3.8) is 0 Å². The van der Waals surface area contributed by atoms with Crippen molar-refractivity contribution in [1.29, 1.82) is 0 Å². The summed E-state index contributed by atoms with van der Waals surface area (Å²) in [6, 6.07) is 8.04. The minimum atomic E-state index is -4.49. The molecule has 0 saturated heterocycles. The van der Waals surface area contributed by atoms with E-state index in [4.69, 9.17) is 0 Å². The minimum Gasteiger partial charge on any atom is -0.748 e. The molecule has 5 rings (SSSR count). The zero-order valence-electron chi connectivity index (χ0n) is 23.9. The molecule has 9 atom stereocenters. The predicted octanol–water partition coefficient (Wildman–Crippen LogP) is 6.03. The number of rotatable bonds is 8. The lowest BCUT2D eigenvalue weighted by Gasteiger charge is -2.60. The first-order valence-electron chi connectivity index (χ1n) is 15.2. The van der Waals surface area contributed by atoms with E-state index < -0.39 is 21.9 Å². The zero-order valence-corrected chi connectivity index (χ0v) is 24.7. The summed E-state index contributed by atoms with van der Waals surface area (Å²) >= 11 is 0. The Hall–Kier alpha value is -1.73. The maximum atomic E-state index is 12.9. The monoisotopic (exact) mass is 556 g/mol. The normalized spacial score (nSPS) is 37.7. The average molecular weight is 557 g/mol. The first kappa shape index (κ1) is 28.8. The Labute approximate surface area is 234 Å². The lowest BCUT2D eigenvalue weighted by atomic mass is 9.44. The summed E-state index contributed by atoms with van der Waals surface area (Å²) in [5.41, 5.74) is 1.26. The molecule has 0 heterocycles. The van der Waals surface area contributed by atoms with Gasteiger partial charge < -0.3 is 9.87 Å². The Kier molecular flexibility index (Phi) is 8.06. The SMILES string of the molecule is C[C@H](CCC(=O)N[C@H](CS(=O)(=O)[O-])c1ccccc1)[C@H]1CC[C@H]2[C@@H]3CC[C@@H]4CC(=O)CC[C@]4(C)[C@H]3CC[C@]12C.